The number of anilines is 2. The zero-order valence-corrected chi connectivity index (χ0v) is 33.5. The number of unbranched alkanes of at least 4 members (excludes halogenated alkanes) is 6. The normalized spacial score (nSPS) is 15.2. The van der Waals surface area contributed by atoms with Gasteiger partial charge in [0.1, 0.15) is 23.4 Å². The lowest BCUT2D eigenvalue weighted by atomic mass is 10.0. The van der Waals surface area contributed by atoms with Crippen LogP contribution in [-0.4, -0.2) is 81.3 Å². The number of nitrogens with zero attached hydrogens (tertiary/aromatic N) is 4. The van der Waals surface area contributed by atoms with Gasteiger partial charge < -0.3 is 26.4 Å². The molecule has 6 rings (SSSR count). The lowest BCUT2D eigenvalue weighted by Crippen LogP contribution is -2.54. The molecule has 2 aliphatic heterocycles. The van der Waals surface area contributed by atoms with Crippen molar-refractivity contribution in [2.24, 2.45) is 5.73 Å². The smallest absolute Gasteiger partial charge is 0.266 e. The second-order valence-electron chi connectivity index (χ2n) is 15.2. The number of rotatable bonds is 22. The van der Waals surface area contributed by atoms with Gasteiger partial charge in [-0.1, -0.05) is 69.9 Å². The van der Waals surface area contributed by atoms with Gasteiger partial charge in [-0.05, 0) is 74.2 Å². The quantitative estimate of drug-likeness (QED) is 0.0524. The largest absolute Gasteiger partial charge is 0.483 e. The Bertz CT molecular complexity index is 2100. The number of carbonyl (C=O) groups excluding carboxylic acids is 5. The summed E-state index contributed by atoms with van der Waals surface area (Å²) in [6.07, 6.45) is 11.2. The van der Waals surface area contributed by atoms with Gasteiger partial charge in [0.05, 0.1) is 17.3 Å². The van der Waals surface area contributed by atoms with E-state index in [0.29, 0.717) is 19.0 Å². The van der Waals surface area contributed by atoms with Gasteiger partial charge in [0.15, 0.2) is 12.3 Å². The van der Waals surface area contributed by atoms with E-state index in [-0.39, 0.29) is 42.2 Å². The van der Waals surface area contributed by atoms with Crippen LogP contribution in [0.3, 0.4) is 0 Å². The molecule has 5 amide bonds. The summed E-state index contributed by atoms with van der Waals surface area (Å²) in [6.45, 7) is 6.73. The molecule has 0 radical (unpaired) electrons. The Hall–Kier alpha value is -5.83. The summed E-state index contributed by atoms with van der Waals surface area (Å²) in [6, 6.07) is 14.2. The molecule has 1 saturated heterocycles. The van der Waals surface area contributed by atoms with Gasteiger partial charge in [-0.15, -0.1) is 0 Å². The monoisotopic (exact) mass is 793 g/mol. The second kappa shape index (κ2) is 20.0. The number of nitrogens with one attached hydrogen (secondary N) is 4. The Morgan fingerprint density at radius 3 is 2.41 bits per heavy atom. The molecular weight excluding hydrogens is 739 g/mol. The molecule has 1 fully saturated rings. The van der Waals surface area contributed by atoms with Gasteiger partial charge in [0.25, 0.3) is 17.7 Å². The number of benzene rings is 2. The molecule has 15 heteroatoms. The van der Waals surface area contributed by atoms with Crippen LogP contribution in [0, 0.1) is 0 Å². The predicted molar refractivity (Wildman–Crippen MR) is 221 cm³/mol. The van der Waals surface area contributed by atoms with Crippen molar-refractivity contribution in [3.63, 3.8) is 0 Å². The first-order valence-corrected chi connectivity index (χ1v) is 20.5. The maximum Gasteiger partial charge on any atom is 0.266 e. The number of fused-ring (bicyclic) bond motifs is 2. The van der Waals surface area contributed by atoms with Crippen molar-refractivity contribution in [3.8, 4) is 5.75 Å². The Morgan fingerprint density at radius 1 is 0.914 bits per heavy atom. The van der Waals surface area contributed by atoms with Crippen LogP contribution in [-0.2, 0) is 27.3 Å². The average molecular weight is 794 g/mol. The zero-order chi connectivity index (χ0) is 41.0. The molecule has 58 heavy (non-hydrogen) atoms. The molecule has 4 aromatic rings. The minimum Gasteiger partial charge on any atom is -0.483 e. The number of amides is 5. The van der Waals surface area contributed by atoms with E-state index in [9.17, 15) is 24.0 Å². The van der Waals surface area contributed by atoms with Crippen LogP contribution in [0.1, 0.15) is 121 Å². The first kappa shape index (κ1) is 41.8. The van der Waals surface area contributed by atoms with Crippen LogP contribution >= 0.6 is 0 Å². The van der Waals surface area contributed by atoms with Gasteiger partial charge in [0.2, 0.25) is 11.8 Å². The van der Waals surface area contributed by atoms with E-state index < -0.39 is 29.7 Å². The molecule has 6 N–H and O–H groups in total. The molecular formula is C43H55N9O6. The molecule has 2 aromatic carbocycles. The number of ether oxygens (including phenoxy) is 1. The van der Waals surface area contributed by atoms with Crippen LogP contribution in [0.4, 0.5) is 11.6 Å². The van der Waals surface area contributed by atoms with Crippen molar-refractivity contribution in [2.75, 3.05) is 36.9 Å². The van der Waals surface area contributed by atoms with Crippen molar-refractivity contribution in [3.05, 3.63) is 82.5 Å². The lowest BCUT2D eigenvalue weighted by molar-refractivity contribution is -0.136. The second-order valence-corrected chi connectivity index (χ2v) is 15.2. The Kier molecular flexibility index (Phi) is 14.4. The van der Waals surface area contributed by atoms with E-state index in [1.807, 2.05) is 16.8 Å². The van der Waals surface area contributed by atoms with Crippen molar-refractivity contribution in [1.29, 1.82) is 0 Å². The fourth-order valence-electron chi connectivity index (χ4n) is 7.29. The van der Waals surface area contributed by atoms with Crippen LogP contribution in [0.2, 0.25) is 0 Å². The molecule has 0 aliphatic carbocycles. The van der Waals surface area contributed by atoms with Crippen LogP contribution < -0.4 is 31.7 Å². The molecule has 0 bridgehead atoms. The maximum atomic E-state index is 13.2. The minimum absolute atomic E-state index is 0.0140. The summed E-state index contributed by atoms with van der Waals surface area (Å²) in [4.78, 5) is 68.5. The van der Waals surface area contributed by atoms with Crippen molar-refractivity contribution >= 4 is 46.8 Å². The van der Waals surface area contributed by atoms with E-state index >= 15 is 0 Å². The summed E-state index contributed by atoms with van der Waals surface area (Å²) in [5.41, 5.74) is 10.2. The highest BCUT2D eigenvalue weighted by atomic mass is 16.5. The summed E-state index contributed by atoms with van der Waals surface area (Å²) in [5, 5.41) is 16.8. The van der Waals surface area contributed by atoms with Gasteiger partial charge in [-0.25, -0.2) is 4.98 Å². The number of aromatic nitrogens is 3. The number of hydrogen-bond acceptors (Lipinski definition) is 11. The molecule has 1 atom stereocenters. The number of imide groups is 2. The number of nitrogens with two attached hydrogens (primary N) is 1. The van der Waals surface area contributed by atoms with Gasteiger partial charge in [0, 0.05) is 37.7 Å². The van der Waals surface area contributed by atoms with E-state index in [1.54, 1.807) is 6.07 Å². The first-order valence-electron chi connectivity index (χ1n) is 20.5. The maximum absolute atomic E-state index is 13.2. The Balaban J connectivity index is 0.888. The third-order valence-corrected chi connectivity index (χ3v) is 10.6. The predicted octanol–water partition coefficient (Wildman–Crippen LogP) is 5.10. The van der Waals surface area contributed by atoms with Crippen LogP contribution in [0.25, 0.3) is 5.65 Å². The SMILES string of the molecule is CC(C)c1cnn2c(NCc3ccc(CCCCCCNC(=O)COc4cccc5c4C(=O)N(C4CCC(=O)NC4=O)C5=O)cc3)cc(NCCCCCCN)nc12. The molecule has 15 nitrogen and oxygen atoms in total. The molecule has 2 aliphatic rings. The van der Waals surface area contributed by atoms with E-state index in [0.717, 1.165) is 98.6 Å². The molecule has 0 saturated carbocycles. The van der Waals surface area contributed by atoms with Gasteiger partial charge in [-0.3, -0.25) is 34.2 Å². The average Bonchev–Trinajstić information content (AvgIpc) is 3.76. The summed E-state index contributed by atoms with van der Waals surface area (Å²) in [7, 11) is 0. The van der Waals surface area contributed by atoms with E-state index in [1.165, 1.54) is 23.3 Å². The molecule has 308 valence electrons. The molecule has 4 heterocycles. The fourth-order valence-corrected chi connectivity index (χ4v) is 7.29. The molecule has 0 spiro atoms. The third-order valence-electron chi connectivity index (χ3n) is 10.6. The van der Waals surface area contributed by atoms with Crippen LogP contribution in [0.15, 0.2) is 54.7 Å². The highest BCUT2D eigenvalue weighted by Crippen LogP contribution is 2.33. The van der Waals surface area contributed by atoms with Gasteiger partial charge >= 0.3 is 0 Å². The number of aryl methyl sites for hydroxylation is 1. The van der Waals surface area contributed by atoms with Crippen LogP contribution in [0.5, 0.6) is 5.75 Å². The fraction of sp³-hybridized carbons (Fsp3) is 0.465. The highest BCUT2D eigenvalue weighted by Gasteiger charge is 2.46. The topological polar surface area (TPSA) is 202 Å². The lowest BCUT2D eigenvalue weighted by Gasteiger charge is -2.27. The first-order chi connectivity index (χ1) is 28.1. The van der Waals surface area contributed by atoms with Gasteiger partial charge in [-0.2, -0.15) is 9.61 Å². The van der Waals surface area contributed by atoms with Crippen molar-refractivity contribution in [2.45, 2.75) is 103 Å². The number of carbonyl (C=O) groups is 5. The summed E-state index contributed by atoms with van der Waals surface area (Å²) < 4.78 is 7.56. The number of piperidine rings is 1. The third kappa shape index (κ3) is 10.4. The zero-order valence-electron chi connectivity index (χ0n) is 33.5. The van der Waals surface area contributed by atoms with Crippen molar-refractivity contribution < 1.29 is 28.7 Å². The number of hydrogen-bond donors (Lipinski definition) is 5. The van der Waals surface area contributed by atoms with E-state index in [2.05, 4.69) is 64.5 Å². The standard InChI is InChI=1S/C43H55N9O6/c1-28(2)32-26-48-52-36(24-35(49-40(32)52)45-22-9-6-4-8-21-44)47-25-30-17-15-29(16-18-30)12-7-3-5-10-23-46-38(54)27-58-34-14-11-13-31-39(34)43(57)51(42(31)56)33-19-20-37(53)50-41(33)55/h11,13-18,24,26,28,33,47H,3-10,12,19-23,25,27,44H2,1-2H3,(H,45,49)(H,46,54)(H,50,53,55). The summed E-state index contributed by atoms with van der Waals surface area (Å²) >= 11 is 0. The summed E-state index contributed by atoms with van der Waals surface area (Å²) in [5.74, 6) is -0.646. The van der Waals surface area contributed by atoms with E-state index in [4.69, 9.17) is 15.5 Å². The Labute approximate surface area is 338 Å². The highest BCUT2D eigenvalue weighted by molar-refractivity contribution is 6.24. The van der Waals surface area contributed by atoms with Crippen molar-refractivity contribution in [1.82, 2.24) is 30.1 Å². The minimum atomic E-state index is -1.08. The molecule has 1 unspecified atom stereocenters. The Morgan fingerprint density at radius 2 is 1.66 bits per heavy atom. The molecule has 2 aromatic heterocycles.